The molecule has 0 saturated carbocycles. The fraction of sp³-hybridized carbons (Fsp3) is 0.143. The van der Waals surface area contributed by atoms with Crippen LogP contribution in [0.15, 0.2) is 12.3 Å². The topological polar surface area (TPSA) is 51.2 Å². The van der Waals surface area contributed by atoms with E-state index in [1.165, 1.54) is 0 Å². The average Bonchev–Trinajstić information content (AvgIpc) is 2.48. The maximum absolute atomic E-state index is 11.2. The molecule has 1 N–H and O–H groups in total. The first kappa shape index (κ1) is 7.50. The highest BCUT2D eigenvalue weighted by atomic mass is 31.0. The molecular weight excluding hydrogens is 175 g/mol. The van der Waals surface area contributed by atoms with E-state index in [0.717, 1.165) is 0 Å². The van der Waals surface area contributed by atoms with Gasteiger partial charge in [-0.1, -0.05) is 0 Å². The van der Waals surface area contributed by atoms with Crippen LogP contribution in [-0.4, -0.2) is 17.4 Å². The predicted molar refractivity (Wildman–Crippen MR) is 47.4 cm³/mol. The molecule has 0 fully saturated rings. The van der Waals surface area contributed by atoms with Gasteiger partial charge in [0.1, 0.15) is 17.1 Å². The van der Waals surface area contributed by atoms with E-state index in [0.29, 0.717) is 17.1 Å². The van der Waals surface area contributed by atoms with E-state index >= 15 is 0 Å². The lowest BCUT2D eigenvalue weighted by atomic mass is 10.2. The number of hydrogen-bond donors (Lipinski definition) is 1. The lowest BCUT2D eigenvalue weighted by molar-refractivity contribution is 0.0961. The van der Waals surface area contributed by atoms with Crippen LogP contribution < -0.4 is 9.82 Å². The Hall–Kier alpha value is -1.15. The van der Waals surface area contributed by atoms with Gasteiger partial charge in [-0.2, -0.15) is 0 Å². The molecule has 0 radical (unpaired) electrons. The molecule has 5 heteroatoms. The van der Waals surface area contributed by atoms with Gasteiger partial charge < -0.3 is 9.82 Å². The zero-order valence-electron chi connectivity index (χ0n) is 6.20. The van der Waals surface area contributed by atoms with Gasteiger partial charge in [-0.15, -0.1) is 0 Å². The minimum absolute atomic E-state index is 0.0250. The molecule has 62 valence electrons. The quantitative estimate of drug-likeness (QED) is 0.654. The third kappa shape index (κ3) is 0.959. The summed E-state index contributed by atoms with van der Waals surface area (Å²) in [6.45, 7) is 0.125. The minimum atomic E-state index is -0.0250. The zero-order valence-corrected chi connectivity index (χ0v) is 7.36. The molecule has 1 aromatic rings. The lowest BCUT2D eigenvalue weighted by Crippen LogP contribution is -2.01. The van der Waals surface area contributed by atoms with Gasteiger partial charge in [-0.05, 0) is 15.5 Å². The number of anilines is 1. The second-order valence-corrected chi connectivity index (χ2v) is 2.68. The molecule has 4 nitrogen and oxygen atoms in total. The van der Waals surface area contributed by atoms with Gasteiger partial charge in [0.25, 0.3) is 0 Å². The van der Waals surface area contributed by atoms with Crippen LogP contribution in [0.1, 0.15) is 10.4 Å². The second kappa shape index (κ2) is 2.72. The summed E-state index contributed by atoms with van der Waals surface area (Å²) in [5.74, 6) is 1.14. The summed E-state index contributed by atoms with van der Waals surface area (Å²) in [6, 6.07) is 1.69. The van der Waals surface area contributed by atoms with Gasteiger partial charge in [-0.25, -0.2) is 4.98 Å². The second-order valence-electron chi connectivity index (χ2n) is 2.39. The van der Waals surface area contributed by atoms with Gasteiger partial charge >= 0.3 is 0 Å². The van der Waals surface area contributed by atoms with Crippen LogP contribution in [0, 0.1) is 0 Å². The highest BCUT2D eigenvalue weighted by Gasteiger charge is 2.24. The van der Waals surface area contributed by atoms with Gasteiger partial charge in [-0.3, -0.25) is 4.79 Å². The van der Waals surface area contributed by atoms with Crippen molar-refractivity contribution in [3.63, 3.8) is 0 Å². The van der Waals surface area contributed by atoms with Crippen molar-refractivity contribution < 1.29 is 9.53 Å². The van der Waals surface area contributed by atoms with Gasteiger partial charge in [0.05, 0.1) is 0 Å². The summed E-state index contributed by atoms with van der Waals surface area (Å²) in [5, 5.41) is 2.76. The van der Waals surface area contributed by atoms with Crippen LogP contribution in [0.4, 0.5) is 5.82 Å². The third-order valence-electron chi connectivity index (χ3n) is 1.69. The van der Waals surface area contributed by atoms with E-state index in [4.69, 9.17) is 4.74 Å². The SMILES string of the molecule is O=C1COc2ccnc(NP)c21. The number of nitrogens with one attached hydrogen (secondary N) is 1. The van der Waals surface area contributed by atoms with Crippen molar-refractivity contribution in [3.05, 3.63) is 17.8 Å². The van der Waals surface area contributed by atoms with Crippen molar-refractivity contribution in [2.75, 3.05) is 11.7 Å². The minimum Gasteiger partial charge on any atom is -0.484 e. The molecule has 1 aromatic heterocycles. The number of ether oxygens (including phenoxy) is 1. The molecule has 1 atom stereocenters. The summed E-state index contributed by atoms with van der Waals surface area (Å²) in [7, 11) is 2.30. The van der Waals surface area contributed by atoms with E-state index in [2.05, 4.69) is 19.5 Å². The summed E-state index contributed by atoms with van der Waals surface area (Å²) < 4.78 is 5.11. The van der Waals surface area contributed by atoms with Crippen LogP contribution in [0.5, 0.6) is 5.75 Å². The smallest absolute Gasteiger partial charge is 0.207 e. The molecule has 1 unspecified atom stereocenters. The largest absolute Gasteiger partial charge is 0.484 e. The number of hydrogen-bond acceptors (Lipinski definition) is 4. The summed E-state index contributed by atoms with van der Waals surface area (Å²) in [4.78, 5) is 15.2. The standard InChI is InChI=1S/C7H7N2O2P/c10-4-3-11-5-1-2-8-7(9-12)6(4)5/h1-2H,3,12H2,(H,8,9). The Morgan fingerprint density at radius 2 is 2.50 bits per heavy atom. The average molecular weight is 182 g/mol. The van der Waals surface area contributed by atoms with E-state index in [-0.39, 0.29) is 12.4 Å². The molecule has 2 heterocycles. The molecule has 2 rings (SSSR count). The number of rotatable bonds is 1. The number of carbonyl (C=O) groups is 1. The highest BCUT2D eigenvalue weighted by molar-refractivity contribution is 7.18. The van der Waals surface area contributed by atoms with Gasteiger partial charge in [0.15, 0.2) is 6.61 Å². The first-order chi connectivity index (χ1) is 5.83. The van der Waals surface area contributed by atoms with Crippen LogP contribution in [0.25, 0.3) is 0 Å². The van der Waals surface area contributed by atoms with Crippen molar-refractivity contribution in [3.8, 4) is 5.75 Å². The molecule has 0 bridgehead atoms. The third-order valence-corrected chi connectivity index (χ3v) is 1.96. The predicted octanol–water partition coefficient (Wildman–Crippen LogP) is 0.859. The number of pyridine rings is 1. The van der Waals surface area contributed by atoms with Crippen molar-refractivity contribution >= 4 is 21.0 Å². The van der Waals surface area contributed by atoms with Crippen LogP contribution in [-0.2, 0) is 0 Å². The van der Waals surface area contributed by atoms with Gasteiger partial charge in [0.2, 0.25) is 5.78 Å². The van der Waals surface area contributed by atoms with E-state index in [1.54, 1.807) is 12.3 Å². The summed E-state index contributed by atoms with van der Waals surface area (Å²) in [6.07, 6.45) is 1.60. The van der Waals surface area contributed by atoms with E-state index < -0.39 is 0 Å². The molecule has 0 spiro atoms. The highest BCUT2D eigenvalue weighted by Crippen LogP contribution is 2.29. The molecule has 0 saturated heterocycles. The van der Waals surface area contributed by atoms with Crippen molar-refractivity contribution in [2.24, 2.45) is 0 Å². The first-order valence-corrected chi connectivity index (χ1v) is 4.02. The van der Waals surface area contributed by atoms with Crippen LogP contribution in [0.3, 0.4) is 0 Å². The molecule has 12 heavy (non-hydrogen) atoms. The summed E-state index contributed by atoms with van der Waals surface area (Å²) in [5.41, 5.74) is 0.549. The normalized spacial score (nSPS) is 13.9. The Labute approximate surface area is 71.6 Å². The fourth-order valence-electron chi connectivity index (χ4n) is 1.16. The number of Topliss-reactive ketones (excluding diaryl/α,β-unsaturated/α-hetero) is 1. The zero-order chi connectivity index (χ0) is 8.55. The fourth-order valence-corrected chi connectivity index (χ4v) is 1.38. The van der Waals surface area contributed by atoms with Crippen molar-refractivity contribution in [2.45, 2.75) is 0 Å². The molecule has 1 aliphatic rings. The maximum atomic E-state index is 11.2. The number of fused-ring (bicyclic) bond motifs is 1. The Morgan fingerprint density at radius 1 is 1.67 bits per heavy atom. The monoisotopic (exact) mass is 182 g/mol. The lowest BCUT2D eigenvalue weighted by Gasteiger charge is -2.01. The van der Waals surface area contributed by atoms with Crippen molar-refractivity contribution in [1.82, 2.24) is 4.98 Å². The van der Waals surface area contributed by atoms with E-state index in [9.17, 15) is 4.79 Å². The Balaban J connectivity index is 2.60. The maximum Gasteiger partial charge on any atom is 0.207 e. The molecule has 0 aliphatic carbocycles. The van der Waals surface area contributed by atoms with Crippen molar-refractivity contribution in [1.29, 1.82) is 0 Å². The Bertz CT molecular complexity index is 340. The molecule has 1 aliphatic heterocycles. The summed E-state index contributed by atoms with van der Waals surface area (Å²) >= 11 is 0. The number of aromatic nitrogens is 1. The van der Waals surface area contributed by atoms with Crippen LogP contribution in [0.2, 0.25) is 0 Å². The number of carbonyl (C=O) groups excluding carboxylic acids is 1. The molecule has 0 amide bonds. The molecular formula is C7H7N2O2P. The molecule has 0 aromatic carbocycles. The Morgan fingerprint density at radius 3 is 3.25 bits per heavy atom. The van der Waals surface area contributed by atoms with Gasteiger partial charge in [0, 0.05) is 6.20 Å². The Kier molecular flexibility index (Phi) is 1.70. The first-order valence-electron chi connectivity index (χ1n) is 3.44. The number of ketones is 1. The van der Waals surface area contributed by atoms with Crippen LogP contribution >= 0.6 is 9.39 Å². The number of nitrogens with zero attached hydrogens (tertiary/aromatic N) is 1. The van der Waals surface area contributed by atoms with E-state index in [1.807, 2.05) is 0 Å².